The number of aromatic nitrogens is 2. The van der Waals surface area contributed by atoms with E-state index in [1.54, 1.807) is 6.07 Å². The fraction of sp³-hybridized carbons (Fsp3) is 0.318. The van der Waals surface area contributed by atoms with E-state index in [2.05, 4.69) is 22.5 Å². The van der Waals surface area contributed by atoms with E-state index in [1.807, 2.05) is 29.8 Å². The molecule has 1 aromatic heterocycles. The van der Waals surface area contributed by atoms with Crippen molar-refractivity contribution < 1.29 is 14.0 Å². The summed E-state index contributed by atoms with van der Waals surface area (Å²) >= 11 is 0. The number of imidazole rings is 1. The lowest BCUT2D eigenvalue weighted by Crippen LogP contribution is -2.26. The van der Waals surface area contributed by atoms with Crippen molar-refractivity contribution in [2.45, 2.75) is 32.6 Å². The van der Waals surface area contributed by atoms with Crippen LogP contribution in [0.2, 0.25) is 0 Å². The number of hydrogen-bond donors (Lipinski definition) is 2. The molecule has 7 heteroatoms. The Morgan fingerprint density at radius 1 is 1.17 bits per heavy atom. The molecule has 0 radical (unpaired) electrons. The molecule has 0 aliphatic carbocycles. The maximum absolute atomic E-state index is 13.2. The number of fused-ring (bicyclic) bond motifs is 1. The summed E-state index contributed by atoms with van der Waals surface area (Å²) < 4.78 is 15.2. The van der Waals surface area contributed by atoms with E-state index in [9.17, 15) is 14.0 Å². The zero-order valence-corrected chi connectivity index (χ0v) is 16.7. The average molecular weight is 396 g/mol. The normalized spacial score (nSPS) is 10.9. The lowest BCUT2D eigenvalue weighted by Gasteiger charge is -2.06. The molecule has 152 valence electrons. The minimum Gasteiger partial charge on any atom is -0.352 e. The summed E-state index contributed by atoms with van der Waals surface area (Å²) in [6.07, 6.45) is 2.88. The number of nitrogens with one attached hydrogen (secondary N) is 2. The van der Waals surface area contributed by atoms with Gasteiger partial charge in [-0.05, 0) is 42.8 Å². The van der Waals surface area contributed by atoms with Crippen molar-refractivity contribution in [2.24, 2.45) is 7.05 Å². The molecule has 0 bridgehead atoms. The highest BCUT2D eigenvalue weighted by Gasteiger charge is 2.11. The number of amides is 2. The smallest absolute Gasteiger partial charge is 0.251 e. The summed E-state index contributed by atoms with van der Waals surface area (Å²) in [5.41, 5.74) is 2.75. The SMILES string of the molecule is CCCCC(=O)Nc1ccc2c(c1)nc(CCNC(=O)c1cccc(F)c1)n2C. The first-order valence-electron chi connectivity index (χ1n) is 9.77. The Bertz CT molecular complexity index is 1030. The molecule has 6 nitrogen and oxygen atoms in total. The van der Waals surface area contributed by atoms with Crippen molar-refractivity contribution in [1.29, 1.82) is 0 Å². The Hall–Kier alpha value is -3.22. The highest BCUT2D eigenvalue weighted by Crippen LogP contribution is 2.20. The maximum atomic E-state index is 13.2. The topological polar surface area (TPSA) is 76.0 Å². The number of carbonyl (C=O) groups excluding carboxylic acids is 2. The molecule has 0 aliphatic heterocycles. The lowest BCUT2D eigenvalue weighted by molar-refractivity contribution is -0.116. The van der Waals surface area contributed by atoms with Crippen LogP contribution in [-0.4, -0.2) is 27.9 Å². The van der Waals surface area contributed by atoms with Gasteiger partial charge < -0.3 is 15.2 Å². The van der Waals surface area contributed by atoms with Crippen molar-refractivity contribution in [2.75, 3.05) is 11.9 Å². The summed E-state index contributed by atoms with van der Waals surface area (Å²) in [5.74, 6) is 0.0577. The van der Waals surface area contributed by atoms with Gasteiger partial charge in [-0.3, -0.25) is 9.59 Å². The lowest BCUT2D eigenvalue weighted by atomic mass is 10.2. The van der Waals surface area contributed by atoms with Gasteiger partial charge in [0, 0.05) is 37.7 Å². The Labute approximate surface area is 169 Å². The number of halogens is 1. The molecule has 0 fully saturated rings. The van der Waals surface area contributed by atoms with Gasteiger partial charge >= 0.3 is 0 Å². The number of hydrogen-bond acceptors (Lipinski definition) is 3. The number of nitrogens with zero attached hydrogens (tertiary/aromatic N) is 2. The predicted octanol–water partition coefficient (Wildman–Crippen LogP) is 3.81. The molecule has 2 amide bonds. The first-order chi connectivity index (χ1) is 14.0. The van der Waals surface area contributed by atoms with Crippen LogP contribution in [0, 0.1) is 5.82 Å². The van der Waals surface area contributed by atoms with Crippen LogP contribution in [0.25, 0.3) is 11.0 Å². The number of unbranched alkanes of at least 4 members (excludes halogenated alkanes) is 1. The Balaban J connectivity index is 1.63. The Morgan fingerprint density at radius 3 is 2.76 bits per heavy atom. The molecule has 0 atom stereocenters. The van der Waals surface area contributed by atoms with E-state index >= 15 is 0 Å². The van der Waals surface area contributed by atoms with Crippen LogP contribution in [0.15, 0.2) is 42.5 Å². The monoisotopic (exact) mass is 396 g/mol. The van der Waals surface area contributed by atoms with Crippen LogP contribution >= 0.6 is 0 Å². The number of carbonyl (C=O) groups is 2. The van der Waals surface area contributed by atoms with Crippen LogP contribution in [0.5, 0.6) is 0 Å². The summed E-state index contributed by atoms with van der Waals surface area (Å²) in [6.45, 7) is 2.43. The van der Waals surface area contributed by atoms with E-state index in [0.717, 1.165) is 35.4 Å². The summed E-state index contributed by atoms with van der Waals surface area (Å²) in [7, 11) is 1.92. The van der Waals surface area contributed by atoms with Crippen LogP contribution in [-0.2, 0) is 18.3 Å². The Kier molecular flexibility index (Phi) is 6.59. The van der Waals surface area contributed by atoms with Crippen LogP contribution in [0.4, 0.5) is 10.1 Å². The van der Waals surface area contributed by atoms with Gasteiger partial charge in [-0.1, -0.05) is 19.4 Å². The van der Waals surface area contributed by atoms with Gasteiger partial charge in [-0.15, -0.1) is 0 Å². The summed E-state index contributed by atoms with van der Waals surface area (Å²) in [4.78, 5) is 28.7. The van der Waals surface area contributed by atoms with Crippen molar-refractivity contribution in [3.63, 3.8) is 0 Å². The second kappa shape index (κ2) is 9.32. The number of benzene rings is 2. The second-order valence-electron chi connectivity index (χ2n) is 6.96. The van der Waals surface area contributed by atoms with Crippen molar-refractivity contribution in [3.05, 3.63) is 59.7 Å². The third kappa shape index (κ3) is 5.19. The molecule has 3 aromatic rings. The van der Waals surface area contributed by atoms with Crippen LogP contribution < -0.4 is 10.6 Å². The van der Waals surface area contributed by atoms with E-state index in [0.29, 0.717) is 24.9 Å². The fourth-order valence-corrected chi connectivity index (χ4v) is 3.13. The van der Waals surface area contributed by atoms with Gasteiger partial charge in [-0.25, -0.2) is 9.37 Å². The van der Waals surface area contributed by atoms with Crippen LogP contribution in [0.1, 0.15) is 42.4 Å². The number of rotatable bonds is 8. The first-order valence-corrected chi connectivity index (χ1v) is 9.77. The zero-order valence-electron chi connectivity index (χ0n) is 16.7. The van der Waals surface area contributed by atoms with Crippen molar-refractivity contribution in [1.82, 2.24) is 14.9 Å². The molecule has 29 heavy (non-hydrogen) atoms. The largest absolute Gasteiger partial charge is 0.352 e. The van der Waals surface area contributed by atoms with E-state index in [-0.39, 0.29) is 11.8 Å². The van der Waals surface area contributed by atoms with Crippen molar-refractivity contribution in [3.8, 4) is 0 Å². The van der Waals surface area contributed by atoms with E-state index in [1.165, 1.54) is 18.2 Å². The summed E-state index contributed by atoms with van der Waals surface area (Å²) in [5, 5.41) is 5.69. The van der Waals surface area contributed by atoms with Crippen LogP contribution in [0.3, 0.4) is 0 Å². The number of aryl methyl sites for hydroxylation is 1. The van der Waals surface area contributed by atoms with Gasteiger partial charge in [-0.2, -0.15) is 0 Å². The highest BCUT2D eigenvalue weighted by molar-refractivity contribution is 5.94. The maximum Gasteiger partial charge on any atom is 0.251 e. The zero-order chi connectivity index (χ0) is 20.8. The second-order valence-corrected chi connectivity index (χ2v) is 6.96. The molecule has 1 heterocycles. The molecule has 2 aromatic carbocycles. The van der Waals surface area contributed by atoms with Gasteiger partial charge in [0.05, 0.1) is 11.0 Å². The Morgan fingerprint density at radius 2 is 2.00 bits per heavy atom. The van der Waals surface area contributed by atoms with Gasteiger partial charge in [0.15, 0.2) is 0 Å². The predicted molar refractivity (Wildman–Crippen MR) is 111 cm³/mol. The van der Waals surface area contributed by atoms with Gasteiger partial charge in [0.1, 0.15) is 11.6 Å². The van der Waals surface area contributed by atoms with Gasteiger partial charge in [0.2, 0.25) is 5.91 Å². The molecular weight excluding hydrogens is 371 g/mol. The summed E-state index contributed by atoms with van der Waals surface area (Å²) in [6, 6.07) is 11.2. The molecule has 0 saturated heterocycles. The standard InChI is InChI=1S/C22H25FN4O2/c1-3-4-8-21(28)25-17-9-10-19-18(14-17)26-20(27(19)2)11-12-24-22(29)15-6-5-7-16(23)13-15/h5-7,9-10,13-14H,3-4,8,11-12H2,1-2H3,(H,24,29)(H,25,28). The van der Waals surface area contributed by atoms with E-state index in [4.69, 9.17) is 0 Å². The molecule has 0 spiro atoms. The molecular formula is C22H25FN4O2. The number of anilines is 1. The highest BCUT2D eigenvalue weighted by atomic mass is 19.1. The molecule has 2 N–H and O–H groups in total. The third-order valence-electron chi connectivity index (χ3n) is 4.74. The molecule has 3 rings (SSSR count). The molecule has 0 aliphatic rings. The minimum absolute atomic E-state index is 0.00224. The van der Waals surface area contributed by atoms with E-state index < -0.39 is 5.82 Å². The fourth-order valence-electron chi connectivity index (χ4n) is 3.13. The van der Waals surface area contributed by atoms with Crippen molar-refractivity contribution >= 4 is 28.5 Å². The van der Waals surface area contributed by atoms with Gasteiger partial charge in [0.25, 0.3) is 5.91 Å². The first kappa shape index (κ1) is 20.5. The molecule has 0 saturated carbocycles. The molecule has 0 unspecified atom stereocenters. The minimum atomic E-state index is -0.439. The third-order valence-corrected chi connectivity index (χ3v) is 4.74. The quantitative estimate of drug-likeness (QED) is 0.608. The average Bonchev–Trinajstić information content (AvgIpc) is 3.01.